The van der Waals surface area contributed by atoms with E-state index in [-0.39, 0.29) is 24.6 Å². The van der Waals surface area contributed by atoms with Crippen LogP contribution in [-0.4, -0.2) is 39.5 Å². The van der Waals surface area contributed by atoms with E-state index in [9.17, 15) is 14.9 Å². The van der Waals surface area contributed by atoms with E-state index in [1.54, 1.807) is 13.0 Å². The Morgan fingerprint density at radius 2 is 2.32 bits per heavy atom. The molecule has 1 unspecified atom stereocenters. The molecule has 0 aliphatic carbocycles. The molecular weight excluding hydrogens is 290 g/mol. The Bertz CT molecular complexity index is 808. The van der Waals surface area contributed by atoms with E-state index in [1.165, 1.54) is 6.07 Å². The second-order valence-electron chi connectivity index (χ2n) is 5.19. The van der Waals surface area contributed by atoms with Gasteiger partial charge in [-0.25, -0.2) is 4.99 Å². The summed E-state index contributed by atoms with van der Waals surface area (Å²) in [6.07, 6.45) is -0.108. The van der Waals surface area contributed by atoms with Gasteiger partial charge in [0.25, 0.3) is 5.69 Å². The summed E-state index contributed by atoms with van der Waals surface area (Å²) in [7, 11) is 0. The van der Waals surface area contributed by atoms with Gasteiger partial charge in [0.2, 0.25) is 5.90 Å². The van der Waals surface area contributed by atoms with Gasteiger partial charge >= 0.3 is 5.97 Å². The molecule has 2 heterocycles. The molecule has 1 aliphatic heterocycles. The number of nitro groups is 1. The molecule has 22 heavy (non-hydrogen) atoms. The first kappa shape index (κ1) is 14.1. The van der Waals surface area contributed by atoms with Gasteiger partial charge < -0.3 is 14.8 Å². The molecule has 0 amide bonds. The fourth-order valence-corrected chi connectivity index (χ4v) is 2.50. The molecule has 0 bridgehead atoms. The number of nitrogens with one attached hydrogen (secondary N) is 1. The van der Waals surface area contributed by atoms with Gasteiger partial charge in [-0.1, -0.05) is 0 Å². The van der Waals surface area contributed by atoms with Crippen molar-refractivity contribution in [3.8, 4) is 0 Å². The third-order valence-corrected chi connectivity index (χ3v) is 3.40. The quantitative estimate of drug-likeness (QED) is 0.661. The van der Waals surface area contributed by atoms with Gasteiger partial charge in [-0.3, -0.25) is 14.9 Å². The van der Waals surface area contributed by atoms with Crippen LogP contribution in [0.15, 0.2) is 23.2 Å². The number of carbonyl (C=O) groups is 1. The highest BCUT2D eigenvalue weighted by atomic mass is 16.6. The number of hydrogen-bond acceptors (Lipinski definition) is 5. The topological polar surface area (TPSA) is 118 Å². The van der Waals surface area contributed by atoms with Gasteiger partial charge in [0, 0.05) is 11.5 Å². The molecule has 114 valence electrons. The van der Waals surface area contributed by atoms with E-state index in [0.717, 1.165) is 5.56 Å². The van der Waals surface area contributed by atoms with Crippen LogP contribution in [0.2, 0.25) is 0 Å². The molecule has 1 aromatic heterocycles. The Kier molecular flexibility index (Phi) is 3.28. The van der Waals surface area contributed by atoms with Crippen LogP contribution in [0, 0.1) is 17.0 Å². The molecule has 0 saturated heterocycles. The van der Waals surface area contributed by atoms with Crippen LogP contribution in [0.3, 0.4) is 0 Å². The Hall–Kier alpha value is -2.90. The lowest BCUT2D eigenvalue weighted by molar-refractivity contribution is -0.383. The smallest absolute Gasteiger partial charge is 0.305 e. The standard InChI is InChI=1S/C14H13N3O5/c1-7-2-8-4-10(16-13(8)11(3-7)17(20)21)14-15-9(6-22-14)5-12(18)19/h2-4,9,16H,5-6H2,1H3,(H,18,19). The fourth-order valence-electron chi connectivity index (χ4n) is 2.50. The van der Waals surface area contributed by atoms with Crippen molar-refractivity contribution in [2.75, 3.05) is 6.61 Å². The van der Waals surface area contributed by atoms with Crippen molar-refractivity contribution < 1.29 is 19.6 Å². The van der Waals surface area contributed by atoms with Gasteiger partial charge in [-0.05, 0) is 24.6 Å². The Labute approximate surface area is 124 Å². The predicted molar refractivity (Wildman–Crippen MR) is 78.2 cm³/mol. The van der Waals surface area contributed by atoms with E-state index in [4.69, 9.17) is 9.84 Å². The summed E-state index contributed by atoms with van der Waals surface area (Å²) >= 11 is 0. The second kappa shape index (κ2) is 5.14. The number of aliphatic imine (C=N–C) groups is 1. The molecule has 1 aliphatic rings. The third-order valence-electron chi connectivity index (χ3n) is 3.40. The number of aromatic amines is 1. The zero-order valence-electron chi connectivity index (χ0n) is 11.7. The summed E-state index contributed by atoms with van der Waals surface area (Å²) in [6.45, 7) is 1.98. The molecule has 0 saturated carbocycles. The van der Waals surface area contributed by atoms with Crippen LogP contribution in [0.5, 0.6) is 0 Å². The molecule has 8 nitrogen and oxygen atoms in total. The van der Waals surface area contributed by atoms with Crippen molar-refractivity contribution in [2.24, 2.45) is 4.99 Å². The Morgan fingerprint density at radius 3 is 3.00 bits per heavy atom. The molecule has 8 heteroatoms. The van der Waals surface area contributed by atoms with Crippen LogP contribution in [0.4, 0.5) is 5.69 Å². The zero-order chi connectivity index (χ0) is 15.9. The normalized spacial score (nSPS) is 17.3. The van der Waals surface area contributed by atoms with E-state index in [1.807, 2.05) is 6.07 Å². The number of aromatic nitrogens is 1. The number of nitro benzene ring substituents is 1. The minimum absolute atomic E-state index is 0.0121. The number of aliphatic carboxylic acids is 1. The lowest BCUT2D eigenvalue weighted by Gasteiger charge is -1.98. The predicted octanol–water partition coefficient (Wildman–Crippen LogP) is 2.00. The van der Waals surface area contributed by atoms with E-state index in [0.29, 0.717) is 16.6 Å². The summed E-state index contributed by atoms with van der Waals surface area (Å²) in [6, 6.07) is 4.60. The number of carboxylic acids is 1. The van der Waals surface area contributed by atoms with Crippen LogP contribution in [0.25, 0.3) is 10.9 Å². The fraction of sp³-hybridized carbons (Fsp3) is 0.286. The lowest BCUT2D eigenvalue weighted by Crippen LogP contribution is -2.12. The summed E-state index contributed by atoms with van der Waals surface area (Å²) in [5.74, 6) is -0.657. The number of fused-ring (bicyclic) bond motifs is 1. The summed E-state index contributed by atoms with van der Waals surface area (Å²) < 4.78 is 5.40. The lowest BCUT2D eigenvalue weighted by atomic mass is 10.1. The zero-order valence-corrected chi connectivity index (χ0v) is 11.7. The minimum atomic E-state index is -0.943. The van der Waals surface area contributed by atoms with E-state index >= 15 is 0 Å². The van der Waals surface area contributed by atoms with Gasteiger partial charge in [-0.2, -0.15) is 0 Å². The molecule has 1 atom stereocenters. The molecule has 0 fully saturated rings. The van der Waals surface area contributed by atoms with Crippen LogP contribution in [-0.2, 0) is 9.53 Å². The largest absolute Gasteiger partial charge is 0.481 e. The monoisotopic (exact) mass is 303 g/mol. The van der Waals surface area contributed by atoms with Crippen molar-refractivity contribution in [2.45, 2.75) is 19.4 Å². The number of hydrogen-bond donors (Lipinski definition) is 2. The minimum Gasteiger partial charge on any atom is -0.481 e. The Morgan fingerprint density at radius 1 is 1.55 bits per heavy atom. The number of H-pyrrole nitrogens is 1. The van der Waals surface area contributed by atoms with Crippen molar-refractivity contribution >= 4 is 28.5 Å². The molecule has 2 N–H and O–H groups in total. The molecule has 2 aromatic rings. The van der Waals surface area contributed by atoms with Gasteiger partial charge in [0.15, 0.2) is 0 Å². The number of non-ortho nitro benzene ring substituents is 1. The van der Waals surface area contributed by atoms with Crippen molar-refractivity contribution in [1.29, 1.82) is 0 Å². The highest BCUT2D eigenvalue weighted by Gasteiger charge is 2.25. The average molecular weight is 303 g/mol. The maximum atomic E-state index is 11.1. The first-order chi connectivity index (χ1) is 10.4. The summed E-state index contributed by atoms with van der Waals surface area (Å²) in [5, 5.41) is 20.6. The molecular formula is C14H13N3O5. The first-order valence-electron chi connectivity index (χ1n) is 6.64. The molecule has 0 spiro atoms. The van der Waals surface area contributed by atoms with Gasteiger partial charge in [0.05, 0.1) is 17.4 Å². The molecule has 1 aromatic carbocycles. The number of nitrogens with zero attached hydrogens (tertiary/aromatic N) is 2. The van der Waals surface area contributed by atoms with Gasteiger partial charge in [-0.15, -0.1) is 0 Å². The molecule has 0 radical (unpaired) electrons. The average Bonchev–Trinajstić information content (AvgIpc) is 3.02. The van der Waals surface area contributed by atoms with Crippen LogP contribution >= 0.6 is 0 Å². The van der Waals surface area contributed by atoms with Crippen molar-refractivity contribution in [1.82, 2.24) is 4.98 Å². The van der Waals surface area contributed by atoms with Crippen molar-refractivity contribution in [3.05, 3.63) is 39.6 Å². The first-order valence-corrected chi connectivity index (χ1v) is 6.64. The van der Waals surface area contributed by atoms with E-state index < -0.39 is 16.9 Å². The van der Waals surface area contributed by atoms with Crippen LogP contribution < -0.4 is 0 Å². The second-order valence-corrected chi connectivity index (χ2v) is 5.19. The van der Waals surface area contributed by atoms with Crippen LogP contribution in [0.1, 0.15) is 17.7 Å². The number of aryl methyl sites for hydroxylation is 1. The highest BCUT2D eigenvalue weighted by Crippen LogP contribution is 2.28. The van der Waals surface area contributed by atoms with Crippen molar-refractivity contribution in [3.63, 3.8) is 0 Å². The van der Waals surface area contributed by atoms with Gasteiger partial charge in [0.1, 0.15) is 17.8 Å². The van der Waals surface area contributed by atoms with E-state index in [2.05, 4.69) is 9.98 Å². The Balaban J connectivity index is 2.01. The highest BCUT2D eigenvalue weighted by molar-refractivity contribution is 6.01. The molecule has 3 rings (SSSR count). The maximum absolute atomic E-state index is 11.1. The number of carboxylic acid groups (broad SMARTS) is 1. The third kappa shape index (κ3) is 2.50. The SMILES string of the molecule is Cc1cc([N+](=O)[O-])c2[nH]c(C3=NC(CC(=O)O)CO3)cc2c1. The summed E-state index contributed by atoms with van der Waals surface area (Å²) in [4.78, 5) is 28.5. The number of benzene rings is 1. The maximum Gasteiger partial charge on any atom is 0.305 e. The number of rotatable bonds is 4. The summed E-state index contributed by atoms with van der Waals surface area (Å²) in [5.41, 5.74) is 1.68. The number of ether oxygens (including phenoxy) is 1.